The summed E-state index contributed by atoms with van der Waals surface area (Å²) in [5, 5.41) is 9.51. The molecule has 0 aliphatic heterocycles. The highest BCUT2D eigenvalue weighted by Gasteiger charge is 2.19. The minimum atomic E-state index is -0.391. The van der Waals surface area contributed by atoms with Crippen molar-refractivity contribution in [1.29, 1.82) is 5.26 Å². The zero-order chi connectivity index (χ0) is 23.2. The van der Waals surface area contributed by atoms with Crippen LogP contribution in [0.4, 0.5) is 15.8 Å². The van der Waals surface area contributed by atoms with Crippen LogP contribution in [0.15, 0.2) is 58.7 Å². The highest BCUT2D eigenvalue weighted by atomic mass is 19.1. The van der Waals surface area contributed by atoms with Crippen LogP contribution >= 0.6 is 0 Å². The number of allylic oxidation sites excluding steroid dienone is 1. The highest BCUT2D eigenvalue weighted by molar-refractivity contribution is 6.19. The number of carbonyl (C=O) groups is 1. The second-order valence-corrected chi connectivity index (χ2v) is 8.34. The van der Waals surface area contributed by atoms with Gasteiger partial charge in [-0.15, -0.1) is 0 Å². The summed E-state index contributed by atoms with van der Waals surface area (Å²) in [4.78, 5) is 18.6. The van der Waals surface area contributed by atoms with E-state index in [4.69, 9.17) is 10.5 Å². The Morgan fingerprint density at radius 1 is 1.26 bits per heavy atom. The van der Waals surface area contributed by atoms with Crippen LogP contribution in [0.2, 0.25) is 0 Å². The molecule has 6 nitrogen and oxygen atoms in total. The third kappa shape index (κ3) is 6.68. The number of amides is 1. The van der Waals surface area contributed by atoms with Crippen LogP contribution in [0.3, 0.4) is 0 Å². The van der Waals surface area contributed by atoms with Gasteiger partial charge in [-0.2, -0.15) is 5.26 Å². The standard InChI is InChI=1S/C24H27FN4O2/c1-16(27)21(14-28-19-8-6-18(25)7-9-19)23(30)29(5)20-10-11-22(17(12-20)13-26)31-15-24(2,3)4/h6-12,14H,15,27H2,1-5H3. The Hall–Kier alpha value is -3.66. The molecule has 2 N–H and O–H groups in total. The molecular formula is C24H27FN4O2. The molecule has 0 radical (unpaired) electrons. The van der Waals surface area contributed by atoms with E-state index >= 15 is 0 Å². The predicted octanol–water partition coefficient (Wildman–Crippen LogP) is 4.72. The maximum atomic E-state index is 13.1. The average molecular weight is 423 g/mol. The van der Waals surface area contributed by atoms with Crippen LogP contribution in [0.25, 0.3) is 0 Å². The number of aliphatic imine (C=N–C) groups is 1. The van der Waals surface area contributed by atoms with E-state index in [1.807, 2.05) is 20.8 Å². The normalized spacial score (nSPS) is 12.3. The number of nitrogens with two attached hydrogens (primary N) is 1. The second kappa shape index (κ2) is 9.90. The van der Waals surface area contributed by atoms with Crippen LogP contribution in [0.5, 0.6) is 5.75 Å². The molecule has 0 spiro atoms. The monoisotopic (exact) mass is 422 g/mol. The molecule has 2 aromatic rings. The molecule has 0 fully saturated rings. The summed E-state index contributed by atoms with van der Waals surface area (Å²) in [5.74, 6) is -0.299. The number of anilines is 1. The fraction of sp³-hybridized carbons (Fsp3) is 0.292. The largest absolute Gasteiger partial charge is 0.492 e. The molecule has 0 atom stereocenters. The van der Waals surface area contributed by atoms with E-state index in [1.165, 1.54) is 35.4 Å². The number of nitrogens with zero attached hydrogens (tertiary/aromatic N) is 3. The van der Waals surface area contributed by atoms with Crippen molar-refractivity contribution in [2.45, 2.75) is 27.7 Å². The summed E-state index contributed by atoms with van der Waals surface area (Å²) in [6.07, 6.45) is 1.35. The summed E-state index contributed by atoms with van der Waals surface area (Å²) >= 11 is 0. The van der Waals surface area contributed by atoms with Gasteiger partial charge in [-0.25, -0.2) is 4.39 Å². The first-order valence-corrected chi connectivity index (χ1v) is 9.73. The molecule has 1 amide bonds. The minimum Gasteiger partial charge on any atom is -0.492 e. The summed E-state index contributed by atoms with van der Waals surface area (Å²) in [6.45, 7) is 8.17. The van der Waals surface area contributed by atoms with Gasteiger partial charge in [0.15, 0.2) is 0 Å². The highest BCUT2D eigenvalue weighted by Crippen LogP contribution is 2.27. The molecule has 0 aromatic heterocycles. The first kappa shape index (κ1) is 23.6. The van der Waals surface area contributed by atoms with Gasteiger partial charge in [0.1, 0.15) is 17.6 Å². The Labute approximate surface area is 182 Å². The Balaban J connectivity index is 2.26. The van der Waals surface area contributed by atoms with Crippen molar-refractivity contribution in [2.75, 3.05) is 18.6 Å². The summed E-state index contributed by atoms with van der Waals surface area (Å²) in [5.41, 5.74) is 7.67. The average Bonchev–Trinajstić information content (AvgIpc) is 2.72. The van der Waals surface area contributed by atoms with Crippen LogP contribution < -0.4 is 15.4 Å². The first-order valence-electron chi connectivity index (χ1n) is 9.73. The van der Waals surface area contributed by atoms with Crippen molar-refractivity contribution < 1.29 is 13.9 Å². The maximum Gasteiger partial charge on any atom is 0.261 e. The molecule has 2 rings (SSSR count). The quantitative estimate of drug-likeness (QED) is 0.539. The molecule has 7 heteroatoms. The first-order chi connectivity index (χ1) is 14.5. The third-order valence-electron chi connectivity index (χ3n) is 4.26. The van der Waals surface area contributed by atoms with E-state index in [0.717, 1.165) is 0 Å². The van der Waals surface area contributed by atoms with Gasteiger partial charge in [-0.05, 0) is 54.8 Å². The lowest BCUT2D eigenvalue weighted by Gasteiger charge is -2.21. The maximum absolute atomic E-state index is 13.1. The second-order valence-electron chi connectivity index (χ2n) is 8.34. The van der Waals surface area contributed by atoms with Gasteiger partial charge in [-0.3, -0.25) is 9.79 Å². The van der Waals surface area contributed by atoms with E-state index in [0.29, 0.717) is 29.3 Å². The number of ether oxygens (including phenoxy) is 1. The molecule has 0 saturated carbocycles. The Bertz CT molecular complexity index is 1040. The predicted molar refractivity (Wildman–Crippen MR) is 121 cm³/mol. The third-order valence-corrected chi connectivity index (χ3v) is 4.26. The summed E-state index contributed by atoms with van der Waals surface area (Å²) < 4.78 is 18.8. The van der Waals surface area contributed by atoms with Crippen LogP contribution in [-0.4, -0.2) is 25.8 Å². The number of hydrogen-bond acceptors (Lipinski definition) is 5. The fourth-order valence-corrected chi connectivity index (χ4v) is 2.52. The number of benzene rings is 2. The molecule has 0 bridgehead atoms. The van der Waals surface area contributed by atoms with E-state index in [1.54, 1.807) is 32.2 Å². The van der Waals surface area contributed by atoms with Gasteiger partial charge < -0.3 is 15.4 Å². The lowest BCUT2D eigenvalue weighted by atomic mass is 9.98. The summed E-state index contributed by atoms with van der Waals surface area (Å²) in [6, 6.07) is 12.7. The van der Waals surface area contributed by atoms with E-state index in [9.17, 15) is 14.4 Å². The van der Waals surface area contributed by atoms with E-state index < -0.39 is 5.91 Å². The molecule has 162 valence electrons. The van der Waals surface area contributed by atoms with Crippen molar-refractivity contribution in [3.63, 3.8) is 0 Å². The number of nitriles is 1. The molecule has 0 aliphatic carbocycles. The smallest absolute Gasteiger partial charge is 0.261 e. The van der Waals surface area contributed by atoms with Gasteiger partial charge in [0.25, 0.3) is 5.91 Å². The summed E-state index contributed by atoms with van der Waals surface area (Å²) in [7, 11) is 1.59. The van der Waals surface area contributed by atoms with Crippen molar-refractivity contribution in [1.82, 2.24) is 0 Å². The van der Waals surface area contributed by atoms with Crippen molar-refractivity contribution >= 4 is 23.5 Å². The zero-order valence-corrected chi connectivity index (χ0v) is 18.4. The molecule has 0 heterocycles. The Morgan fingerprint density at radius 3 is 2.45 bits per heavy atom. The molecule has 0 unspecified atom stereocenters. The van der Waals surface area contributed by atoms with Crippen LogP contribution in [0.1, 0.15) is 33.3 Å². The number of likely N-dealkylation sites (N-methyl/N-ethyl adjacent to an activating group) is 1. The van der Waals surface area contributed by atoms with Gasteiger partial charge in [0.2, 0.25) is 0 Å². The molecule has 2 aromatic carbocycles. The van der Waals surface area contributed by atoms with Crippen LogP contribution in [-0.2, 0) is 4.79 Å². The number of hydrogen-bond donors (Lipinski definition) is 1. The minimum absolute atomic E-state index is 0.0552. The lowest BCUT2D eigenvalue weighted by Crippen LogP contribution is -2.30. The number of halogens is 1. The zero-order valence-electron chi connectivity index (χ0n) is 18.4. The molecule has 0 saturated heterocycles. The number of carbonyl (C=O) groups excluding carboxylic acids is 1. The van der Waals surface area contributed by atoms with Gasteiger partial charge in [0, 0.05) is 24.6 Å². The fourth-order valence-electron chi connectivity index (χ4n) is 2.52. The van der Waals surface area contributed by atoms with Gasteiger partial charge in [-0.1, -0.05) is 20.8 Å². The molecule has 0 aliphatic rings. The SMILES string of the molecule is CC(N)=C(C=Nc1ccc(F)cc1)C(=O)N(C)c1ccc(OCC(C)(C)C)c(C#N)c1. The Morgan fingerprint density at radius 2 is 1.90 bits per heavy atom. The number of rotatable bonds is 6. The van der Waals surface area contributed by atoms with Gasteiger partial charge >= 0.3 is 0 Å². The van der Waals surface area contributed by atoms with Crippen LogP contribution in [0, 0.1) is 22.6 Å². The molecule has 31 heavy (non-hydrogen) atoms. The van der Waals surface area contributed by atoms with Crippen molar-refractivity contribution in [3.05, 3.63) is 65.1 Å². The van der Waals surface area contributed by atoms with Crippen molar-refractivity contribution in [3.8, 4) is 11.8 Å². The lowest BCUT2D eigenvalue weighted by molar-refractivity contribution is -0.114. The van der Waals surface area contributed by atoms with Crippen molar-refractivity contribution in [2.24, 2.45) is 16.1 Å². The van der Waals surface area contributed by atoms with E-state index in [-0.39, 0.29) is 22.5 Å². The van der Waals surface area contributed by atoms with E-state index in [2.05, 4.69) is 11.1 Å². The van der Waals surface area contributed by atoms with Gasteiger partial charge in [0.05, 0.1) is 23.4 Å². The Kier molecular flexibility index (Phi) is 7.54. The topological polar surface area (TPSA) is 91.7 Å². The molecular weight excluding hydrogens is 395 g/mol.